The summed E-state index contributed by atoms with van der Waals surface area (Å²) in [6.07, 6.45) is 9.78. The number of nitriles is 1. The van der Waals surface area contributed by atoms with Crippen LogP contribution in [0.3, 0.4) is 0 Å². The zero-order valence-electron chi connectivity index (χ0n) is 26.0. The number of aromatic hydroxyl groups is 1. The number of fused-ring (bicyclic) bond motifs is 2. The Morgan fingerprint density at radius 2 is 1.82 bits per heavy atom. The molecule has 2 saturated heterocycles. The molecule has 2 unspecified atom stereocenters. The molecule has 2 aromatic carbocycles. The van der Waals surface area contributed by atoms with Crippen molar-refractivity contribution in [1.29, 1.82) is 5.26 Å². The van der Waals surface area contributed by atoms with E-state index in [1.54, 1.807) is 6.07 Å². The van der Waals surface area contributed by atoms with E-state index in [0.717, 1.165) is 82.8 Å². The number of phenolic OH excluding ortho intramolecular Hbond substituents is 1. The normalized spacial score (nSPS) is 36.1. The SMILES string of the molecule is N#C[C@@H]1C[C@@H]2C[C@@H]2N1C(=O)[C@@H](N)C12CC3CC(CC(OCCN4CCC(NC(=O)c5ccc6ccccc6c5O)CC4)(C3)C1)C2. The van der Waals surface area contributed by atoms with E-state index < -0.39 is 6.04 Å². The molecule has 4 bridgehead atoms. The van der Waals surface area contributed by atoms with E-state index in [1.165, 1.54) is 6.42 Å². The number of carbonyl (C=O) groups is 2. The van der Waals surface area contributed by atoms with Crippen molar-refractivity contribution in [3.8, 4) is 11.8 Å². The van der Waals surface area contributed by atoms with Crippen LogP contribution >= 0.6 is 0 Å². The average molecular weight is 612 g/mol. The minimum atomic E-state index is -0.549. The fourth-order valence-corrected chi connectivity index (χ4v) is 10.5. The maximum Gasteiger partial charge on any atom is 0.255 e. The van der Waals surface area contributed by atoms with E-state index in [0.29, 0.717) is 35.3 Å². The Labute approximate surface area is 265 Å². The molecule has 9 nitrogen and oxygen atoms in total. The Hall–Kier alpha value is -3.19. The van der Waals surface area contributed by atoms with E-state index in [1.807, 2.05) is 35.2 Å². The number of ether oxygens (including phenoxy) is 1. The third-order valence-corrected chi connectivity index (χ3v) is 12.4. The predicted octanol–water partition coefficient (Wildman–Crippen LogP) is 3.94. The summed E-state index contributed by atoms with van der Waals surface area (Å²) in [7, 11) is 0. The Bertz CT molecular complexity index is 1530. The number of rotatable bonds is 8. The number of benzene rings is 2. The van der Waals surface area contributed by atoms with Crippen LogP contribution in [0.15, 0.2) is 36.4 Å². The smallest absolute Gasteiger partial charge is 0.255 e. The molecule has 238 valence electrons. The molecule has 7 aliphatic rings. The molecule has 0 radical (unpaired) electrons. The summed E-state index contributed by atoms with van der Waals surface area (Å²) in [6.45, 7) is 3.28. The molecule has 5 aliphatic carbocycles. The first-order valence-electron chi connectivity index (χ1n) is 17.1. The molecule has 2 amide bonds. The summed E-state index contributed by atoms with van der Waals surface area (Å²) in [6, 6.07) is 12.9. The van der Waals surface area contributed by atoms with Crippen molar-refractivity contribution in [2.24, 2.45) is 28.9 Å². The average Bonchev–Trinajstić information content (AvgIpc) is 3.69. The van der Waals surface area contributed by atoms with Crippen molar-refractivity contribution in [1.82, 2.24) is 15.1 Å². The maximum atomic E-state index is 13.8. The van der Waals surface area contributed by atoms with Gasteiger partial charge in [-0.3, -0.25) is 9.59 Å². The van der Waals surface area contributed by atoms with E-state index in [2.05, 4.69) is 16.3 Å². The molecular weight excluding hydrogens is 566 g/mol. The fraction of sp³-hybridized carbons (Fsp3) is 0.639. The number of likely N-dealkylation sites (tertiary alicyclic amines) is 2. The van der Waals surface area contributed by atoms with Gasteiger partial charge >= 0.3 is 0 Å². The van der Waals surface area contributed by atoms with Crippen LogP contribution in [0.2, 0.25) is 0 Å². The second-order valence-electron chi connectivity index (χ2n) is 15.3. The highest BCUT2D eigenvalue weighted by molar-refractivity contribution is 6.03. The van der Waals surface area contributed by atoms with Gasteiger partial charge in [0.15, 0.2) is 0 Å². The van der Waals surface area contributed by atoms with Crippen LogP contribution in [0.1, 0.15) is 74.6 Å². The number of nitrogens with zero attached hydrogens (tertiary/aromatic N) is 3. The Morgan fingerprint density at radius 1 is 1.07 bits per heavy atom. The third kappa shape index (κ3) is 5.10. The molecule has 4 N–H and O–H groups in total. The lowest BCUT2D eigenvalue weighted by Crippen LogP contribution is -2.65. The van der Waals surface area contributed by atoms with Crippen LogP contribution in [-0.2, 0) is 9.53 Å². The van der Waals surface area contributed by atoms with Gasteiger partial charge in [0.25, 0.3) is 5.91 Å². The Kier molecular flexibility index (Phi) is 7.12. The van der Waals surface area contributed by atoms with Gasteiger partial charge in [-0.05, 0) is 98.8 Å². The number of amides is 2. The van der Waals surface area contributed by atoms with Gasteiger partial charge in [0, 0.05) is 37.1 Å². The molecule has 2 aromatic rings. The minimum Gasteiger partial charge on any atom is -0.506 e. The van der Waals surface area contributed by atoms with Crippen molar-refractivity contribution < 1.29 is 19.4 Å². The van der Waals surface area contributed by atoms with Crippen LogP contribution in [-0.4, -0.2) is 82.7 Å². The van der Waals surface area contributed by atoms with Gasteiger partial charge in [-0.2, -0.15) is 5.26 Å². The van der Waals surface area contributed by atoms with E-state index in [-0.39, 0.29) is 46.7 Å². The van der Waals surface area contributed by atoms with Gasteiger partial charge < -0.3 is 30.7 Å². The van der Waals surface area contributed by atoms with Gasteiger partial charge in [-0.25, -0.2) is 0 Å². The molecule has 9 heteroatoms. The van der Waals surface area contributed by atoms with Gasteiger partial charge in [0.1, 0.15) is 11.8 Å². The van der Waals surface area contributed by atoms with Gasteiger partial charge in [-0.15, -0.1) is 0 Å². The van der Waals surface area contributed by atoms with E-state index >= 15 is 0 Å². The maximum absolute atomic E-state index is 13.8. The van der Waals surface area contributed by atoms with Crippen LogP contribution in [0, 0.1) is 34.5 Å². The predicted molar refractivity (Wildman–Crippen MR) is 169 cm³/mol. The van der Waals surface area contributed by atoms with Crippen LogP contribution in [0.4, 0.5) is 0 Å². The molecule has 45 heavy (non-hydrogen) atoms. The Morgan fingerprint density at radius 3 is 2.58 bits per heavy atom. The molecule has 5 saturated carbocycles. The largest absolute Gasteiger partial charge is 0.506 e. The molecule has 9 rings (SSSR count). The second kappa shape index (κ2) is 11.0. The summed E-state index contributed by atoms with van der Waals surface area (Å²) >= 11 is 0. The number of hydrogen-bond acceptors (Lipinski definition) is 7. The molecule has 2 heterocycles. The van der Waals surface area contributed by atoms with Gasteiger partial charge in [0.05, 0.1) is 29.9 Å². The standard InChI is InChI=1S/C36H45N5O4/c37-20-27-14-25-15-30(25)41(27)34(44)32(38)35-16-22-13-23(17-35)19-36(18-22,21-35)45-12-11-40-9-7-26(8-10-40)39-33(43)29-6-5-24-3-1-2-4-28(24)31(29)42/h1-6,22-23,25-27,30,32,42H,7-19,21,38H2,(H,39,43)/t22?,23?,25-,27+,30+,32-,35?,36?/m1/s1. The highest BCUT2D eigenvalue weighted by Crippen LogP contribution is 2.64. The number of hydrogen-bond donors (Lipinski definition) is 3. The number of nitrogens with one attached hydrogen (secondary N) is 1. The summed E-state index contributed by atoms with van der Waals surface area (Å²) < 4.78 is 6.82. The molecule has 2 aliphatic heterocycles. The Balaban J connectivity index is 0.847. The van der Waals surface area contributed by atoms with Crippen molar-refractivity contribution >= 4 is 22.6 Å². The molecule has 7 fully saturated rings. The van der Waals surface area contributed by atoms with Crippen LogP contribution in [0.25, 0.3) is 10.8 Å². The molecule has 6 atom stereocenters. The van der Waals surface area contributed by atoms with Gasteiger partial charge in [-0.1, -0.05) is 30.3 Å². The minimum absolute atomic E-state index is 0.00874. The summed E-state index contributed by atoms with van der Waals surface area (Å²) in [4.78, 5) is 31.1. The first-order valence-corrected chi connectivity index (χ1v) is 17.1. The van der Waals surface area contributed by atoms with Crippen molar-refractivity contribution in [3.05, 3.63) is 42.0 Å². The number of carbonyl (C=O) groups excluding carboxylic acids is 2. The molecule has 0 spiro atoms. The second-order valence-corrected chi connectivity index (χ2v) is 15.3. The van der Waals surface area contributed by atoms with Gasteiger partial charge in [0.2, 0.25) is 5.91 Å². The highest BCUT2D eigenvalue weighted by Gasteiger charge is 2.63. The van der Waals surface area contributed by atoms with Crippen LogP contribution < -0.4 is 11.1 Å². The first-order chi connectivity index (χ1) is 21.8. The number of piperidine rings is 2. The van der Waals surface area contributed by atoms with Crippen LogP contribution in [0.5, 0.6) is 5.75 Å². The van der Waals surface area contributed by atoms with Crippen molar-refractivity contribution in [2.45, 2.75) is 94.0 Å². The lowest BCUT2D eigenvalue weighted by molar-refractivity contribution is -0.201. The fourth-order valence-electron chi connectivity index (χ4n) is 10.5. The third-order valence-electron chi connectivity index (χ3n) is 12.4. The monoisotopic (exact) mass is 611 g/mol. The summed E-state index contributed by atoms with van der Waals surface area (Å²) in [5.74, 6) is 1.44. The zero-order chi connectivity index (χ0) is 30.9. The van der Waals surface area contributed by atoms with Crippen molar-refractivity contribution in [3.63, 3.8) is 0 Å². The number of nitrogens with two attached hydrogens (primary N) is 1. The summed E-state index contributed by atoms with van der Waals surface area (Å²) in [5.41, 5.74) is 6.81. The quantitative estimate of drug-likeness (QED) is 0.412. The lowest BCUT2D eigenvalue weighted by Gasteiger charge is -2.63. The molecule has 0 aromatic heterocycles. The highest BCUT2D eigenvalue weighted by atomic mass is 16.5. The first kappa shape index (κ1) is 29.2. The van der Waals surface area contributed by atoms with Crippen molar-refractivity contribution in [2.75, 3.05) is 26.2 Å². The number of phenols is 1. The zero-order valence-corrected chi connectivity index (χ0v) is 26.0. The van der Waals surface area contributed by atoms with E-state index in [4.69, 9.17) is 10.5 Å². The topological polar surface area (TPSA) is 132 Å². The molecular formula is C36H45N5O4. The summed E-state index contributed by atoms with van der Waals surface area (Å²) in [5, 5.41) is 25.1. The lowest BCUT2D eigenvalue weighted by atomic mass is 9.46. The van der Waals surface area contributed by atoms with E-state index in [9.17, 15) is 20.0 Å².